The fourth-order valence-electron chi connectivity index (χ4n) is 5.63. The second-order valence-electron chi connectivity index (χ2n) is 9.13. The standard InChI is InChI=1S/C23H34N2O6/c1-6-11-24(15(3)4)20(28)18-23-10-9-22(5,31-23)17(21(29)30-14-7-2)16(23)19(27)25(18)12-8-13-26/h6-7,15-18,26H,1-2,8-14H2,3-5H3/t16-,17+,18?,22-,23?/m0/s1. The Morgan fingerprint density at radius 3 is 2.65 bits per heavy atom. The van der Waals surface area contributed by atoms with E-state index in [1.54, 1.807) is 11.0 Å². The molecule has 0 aromatic heterocycles. The molecular formula is C23H34N2O6. The predicted octanol–water partition coefficient (Wildman–Crippen LogP) is 1.29. The molecule has 1 spiro atoms. The van der Waals surface area contributed by atoms with E-state index in [1.807, 2.05) is 20.8 Å². The maximum atomic E-state index is 13.8. The van der Waals surface area contributed by atoms with Crippen molar-refractivity contribution in [1.29, 1.82) is 0 Å². The van der Waals surface area contributed by atoms with Crippen LogP contribution in [0.15, 0.2) is 25.3 Å². The molecule has 0 aromatic rings. The quantitative estimate of drug-likeness (QED) is 0.411. The molecule has 31 heavy (non-hydrogen) atoms. The molecule has 3 saturated heterocycles. The highest BCUT2D eigenvalue weighted by Crippen LogP contribution is 2.63. The molecule has 5 atom stereocenters. The molecule has 0 aromatic carbocycles. The van der Waals surface area contributed by atoms with Crippen molar-refractivity contribution in [1.82, 2.24) is 9.80 Å². The lowest BCUT2D eigenvalue weighted by molar-refractivity contribution is -0.159. The number of carbonyl (C=O) groups is 3. The Labute approximate surface area is 183 Å². The van der Waals surface area contributed by atoms with E-state index in [0.717, 1.165) is 0 Å². The molecular weight excluding hydrogens is 400 g/mol. The van der Waals surface area contributed by atoms with Gasteiger partial charge < -0.3 is 24.4 Å². The van der Waals surface area contributed by atoms with E-state index in [0.29, 0.717) is 25.8 Å². The van der Waals surface area contributed by atoms with Gasteiger partial charge in [-0.05, 0) is 40.0 Å². The highest BCUT2D eigenvalue weighted by Gasteiger charge is 2.78. The van der Waals surface area contributed by atoms with Crippen LogP contribution in [-0.2, 0) is 23.9 Å². The number of aliphatic hydroxyl groups is 1. The van der Waals surface area contributed by atoms with Crippen LogP contribution in [0.3, 0.4) is 0 Å². The SMILES string of the molecule is C=CCOC(=O)[C@H]1[C@H]2C(=O)N(CCCO)C(C(=O)N(CC=C)C(C)C)C23CC[C@]1(C)O3. The number of fused-ring (bicyclic) bond motifs is 1. The topological polar surface area (TPSA) is 96.4 Å². The number of likely N-dealkylation sites (tertiary alicyclic amines) is 1. The molecule has 0 radical (unpaired) electrons. The lowest BCUT2D eigenvalue weighted by Gasteiger charge is -2.38. The van der Waals surface area contributed by atoms with Crippen molar-refractivity contribution in [3.63, 3.8) is 0 Å². The Hall–Kier alpha value is -2.19. The van der Waals surface area contributed by atoms with E-state index in [4.69, 9.17) is 9.47 Å². The van der Waals surface area contributed by atoms with Gasteiger partial charge in [-0.15, -0.1) is 6.58 Å². The van der Waals surface area contributed by atoms with Gasteiger partial charge in [-0.3, -0.25) is 14.4 Å². The summed E-state index contributed by atoms with van der Waals surface area (Å²) < 4.78 is 11.8. The normalized spacial score (nSPS) is 33.5. The van der Waals surface area contributed by atoms with Crippen LogP contribution in [0, 0.1) is 11.8 Å². The van der Waals surface area contributed by atoms with Gasteiger partial charge in [0, 0.05) is 25.7 Å². The van der Waals surface area contributed by atoms with Crippen LogP contribution in [0.1, 0.15) is 40.0 Å². The highest BCUT2D eigenvalue weighted by molar-refractivity contribution is 5.98. The minimum Gasteiger partial charge on any atom is -0.461 e. The number of aliphatic hydroxyl groups excluding tert-OH is 1. The number of rotatable bonds is 10. The lowest BCUT2D eigenvalue weighted by atomic mass is 9.66. The summed E-state index contributed by atoms with van der Waals surface area (Å²) in [6.07, 6.45) is 4.55. The van der Waals surface area contributed by atoms with Crippen LogP contribution < -0.4 is 0 Å². The summed E-state index contributed by atoms with van der Waals surface area (Å²) in [4.78, 5) is 43.6. The van der Waals surface area contributed by atoms with E-state index in [9.17, 15) is 19.5 Å². The minimum absolute atomic E-state index is 0.0520. The van der Waals surface area contributed by atoms with E-state index in [1.165, 1.54) is 11.0 Å². The second kappa shape index (κ2) is 8.74. The van der Waals surface area contributed by atoms with Gasteiger partial charge in [0.15, 0.2) is 0 Å². The van der Waals surface area contributed by atoms with E-state index in [-0.39, 0.29) is 37.6 Å². The molecule has 2 bridgehead atoms. The zero-order chi connectivity index (χ0) is 23.0. The van der Waals surface area contributed by atoms with Gasteiger partial charge in [0.1, 0.15) is 24.2 Å². The fraction of sp³-hybridized carbons (Fsp3) is 0.696. The van der Waals surface area contributed by atoms with Crippen molar-refractivity contribution < 1.29 is 29.0 Å². The zero-order valence-electron chi connectivity index (χ0n) is 18.7. The minimum atomic E-state index is -1.08. The molecule has 172 valence electrons. The number of hydrogen-bond acceptors (Lipinski definition) is 6. The maximum Gasteiger partial charge on any atom is 0.313 e. The average molecular weight is 435 g/mol. The van der Waals surface area contributed by atoms with Gasteiger partial charge >= 0.3 is 5.97 Å². The number of hydrogen-bond donors (Lipinski definition) is 1. The van der Waals surface area contributed by atoms with E-state index >= 15 is 0 Å². The largest absolute Gasteiger partial charge is 0.461 e. The molecule has 8 nitrogen and oxygen atoms in total. The molecule has 2 amide bonds. The van der Waals surface area contributed by atoms with Crippen LogP contribution >= 0.6 is 0 Å². The molecule has 8 heteroatoms. The first-order valence-electron chi connectivity index (χ1n) is 11.0. The summed E-state index contributed by atoms with van der Waals surface area (Å²) in [6, 6.07) is -0.948. The number of esters is 1. The van der Waals surface area contributed by atoms with Gasteiger partial charge in [0.05, 0.1) is 11.5 Å². The Kier molecular flexibility index (Phi) is 6.62. The zero-order valence-corrected chi connectivity index (χ0v) is 18.7. The molecule has 0 aliphatic carbocycles. The van der Waals surface area contributed by atoms with Gasteiger partial charge in [-0.25, -0.2) is 0 Å². The number of nitrogens with zero attached hydrogens (tertiary/aromatic N) is 2. The summed E-state index contributed by atoms with van der Waals surface area (Å²) in [5, 5.41) is 9.37. The second-order valence-corrected chi connectivity index (χ2v) is 9.13. The van der Waals surface area contributed by atoms with Gasteiger partial charge in [0.25, 0.3) is 0 Å². The summed E-state index contributed by atoms with van der Waals surface area (Å²) in [5.74, 6) is -2.56. The van der Waals surface area contributed by atoms with Crippen molar-refractivity contribution in [2.75, 3.05) is 26.3 Å². The molecule has 0 saturated carbocycles. The summed E-state index contributed by atoms with van der Waals surface area (Å²) in [7, 11) is 0. The van der Waals surface area contributed by atoms with Crippen LogP contribution in [0.4, 0.5) is 0 Å². The van der Waals surface area contributed by atoms with E-state index < -0.39 is 35.0 Å². The summed E-state index contributed by atoms with van der Waals surface area (Å²) in [5.41, 5.74) is -1.94. The monoisotopic (exact) mass is 434 g/mol. The van der Waals surface area contributed by atoms with Crippen molar-refractivity contribution in [2.45, 2.75) is 63.3 Å². The Balaban J connectivity index is 2.05. The fourth-order valence-corrected chi connectivity index (χ4v) is 5.63. The summed E-state index contributed by atoms with van der Waals surface area (Å²) >= 11 is 0. The molecule has 1 N–H and O–H groups in total. The molecule has 3 heterocycles. The van der Waals surface area contributed by atoms with Crippen LogP contribution in [0.25, 0.3) is 0 Å². The highest BCUT2D eigenvalue weighted by atomic mass is 16.6. The van der Waals surface area contributed by atoms with Crippen molar-refractivity contribution >= 4 is 17.8 Å². The van der Waals surface area contributed by atoms with Crippen LogP contribution in [0.2, 0.25) is 0 Å². The predicted molar refractivity (Wildman–Crippen MR) is 114 cm³/mol. The maximum absolute atomic E-state index is 13.8. The van der Waals surface area contributed by atoms with Crippen molar-refractivity contribution in [3.05, 3.63) is 25.3 Å². The lowest BCUT2D eigenvalue weighted by Crippen LogP contribution is -2.57. The molecule has 3 rings (SSSR count). The first kappa shape index (κ1) is 23.5. The third-order valence-corrected chi connectivity index (χ3v) is 6.90. The molecule has 3 fully saturated rings. The van der Waals surface area contributed by atoms with E-state index in [2.05, 4.69) is 13.2 Å². The number of amides is 2. The van der Waals surface area contributed by atoms with Crippen LogP contribution in [-0.4, -0.2) is 82.3 Å². The first-order valence-corrected chi connectivity index (χ1v) is 11.0. The molecule has 2 unspecified atom stereocenters. The average Bonchev–Trinajstić information content (AvgIpc) is 3.28. The molecule has 3 aliphatic rings. The Morgan fingerprint density at radius 1 is 1.35 bits per heavy atom. The summed E-state index contributed by atoms with van der Waals surface area (Å²) in [6.45, 7) is 13.5. The van der Waals surface area contributed by atoms with Gasteiger partial charge in [-0.2, -0.15) is 0 Å². The first-order chi connectivity index (χ1) is 14.7. The Bertz CT molecular complexity index is 767. The number of carbonyl (C=O) groups excluding carboxylic acids is 3. The molecule has 3 aliphatic heterocycles. The third-order valence-electron chi connectivity index (χ3n) is 6.90. The van der Waals surface area contributed by atoms with Gasteiger partial charge in [-0.1, -0.05) is 18.7 Å². The smallest absolute Gasteiger partial charge is 0.313 e. The third kappa shape index (κ3) is 3.59. The Morgan fingerprint density at radius 2 is 2.06 bits per heavy atom. The van der Waals surface area contributed by atoms with Crippen molar-refractivity contribution in [3.8, 4) is 0 Å². The number of ether oxygens (including phenoxy) is 2. The van der Waals surface area contributed by atoms with Crippen molar-refractivity contribution in [2.24, 2.45) is 11.8 Å². The van der Waals surface area contributed by atoms with Crippen LogP contribution in [0.5, 0.6) is 0 Å². The van der Waals surface area contributed by atoms with Gasteiger partial charge in [0.2, 0.25) is 11.8 Å².